The summed E-state index contributed by atoms with van der Waals surface area (Å²) in [6, 6.07) is 10.4. The molecular formula is C16H21N3O. The van der Waals surface area contributed by atoms with Crippen molar-refractivity contribution in [3.8, 4) is 5.75 Å². The van der Waals surface area contributed by atoms with Crippen molar-refractivity contribution in [3.63, 3.8) is 0 Å². The molecule has 3 rings (SSSR count). The van der Waals surface area contributed by atoms with Crippen LogP contribution in [0.1, 0.15) is 31.0 Å². The first-order chi connectivity index (χ1) is 9.93. The third kappa shape index (κ3) is 3.20. The van der Waals surface area contributed by atoms with E-state index in [4.69, 9.17) is 4.74 Å². The molecule has 0 aliphatic carbocycles. The smallest absolute Gasteiger partial charge is 0.119 e. The van der Waals surface area contributed by atoms with Crippen LogP contribution in [0, 0.1) is 0 Å². The van der Waals surface area contributed by atoms with E-state index in [2.05, 4.69) is 14.9 Å². The lowest BCUT2D eigenvalue weighted by atomic mass is 10.0. The van der Waals surface area contributed by atoms with Gasteiger partial charge in [-0.05, 0) is 31.5 Å². The third-order valence-electron chi connectivity index (χ3n) is 3.76. The van der Waals surface area contributed by atoms with Crippen LogP contribution >= 0.6 is 0 Å². The molecule has 20 heavy (non-hydrogen) atoms. The summed E-state index contributed by atoms with van der Waals surface area (Å²) in [5, 5.41) is 3.57. The van der Waals surface area contributed by atoms with E-state index in [1.54, 1.807) is 0 Å². The van der Waals surface area contributed by atoms with E-state index in [0.717, 1.165) is 18.8 Å². The molecule has 2 aromatic rings. The zero-order valence-electron chi connectivity index (χ0n) is 11.7. The molecule has 2 heterocycles. The molecule has 1 saturated heterocycles. The Morgan fingerprint density at radius 2 is 2.15 bits per heavy atom. The van der Waals surface area contributed by atoms with Crippen molar-refractivity contribution in [2.24, 2.45) is 0 Å². The molecule has 4 heteroatoms. The molecular weight excluding hydrogens is 250 g/mol. The van der Waals surface area contributed by atoms with Crippen molar-refractivity contribution in [2.75, 3.05) is 13.2 Å². The second-order valence-corrected chi connectivity index (χ2v) is 5.18. The topological polar surface area (TPSA) is 39.1 Å². The van der Waals surface area contributed by atoms with Crippen LogP contribution in [0.4, 0.5) is 0 Å². The summed E-state index contributed by atoms with van der Waals surface area (Å²) in [7, 11) is 0. The highest BCUT2D eigenvalue weighted by Gasteiger charge is 2.18. The molecule has 1 aliphatic heterocycles. The summed E-state index contributed by atoms with van der Waals surface area (Å²) in [4.78, 5) is 4.29. The number of aromatic nitrogens is 2. The SMILES string of the molecule is c1ccc(OCCn2cncc2C2CCCCN2)cc1. The standard InChI is InChI=1S/C16H21N3O/c1-2-6-14(7-3-1)20-11-10-19-13-17-12-16(19)15-8-4-5-9-18-15/h1-3,6-7,12-13,15,18H,4-5,8-11H2. The van der Waals surface area contributed by atoms with Crippen LogP contribution in [0.3, 0.4) is 0 Å². The Morgan fingerprint density at radius 3 is 2.95 bits per heavy atom. The lowest BCUT2D eigenvalue weighted by Gasteiger charge is -2.24. The van der Waals surface area contributed by atoms with Gasteiger partial charge < -0.3 is 14.6 Å². The van der Waals surface area contributed by atoms with E-state index in [9.17, 15) is 0 Å². The minimum Gasteiger partial charge on any atom is -0.492 e. The van der Waals surface area contributed by atoms with Crippen LogP contribution in [0.2, 0.25) is 0 Å². The quantitative estimate of drug-likeness (QED) is 0.909. The third-order valence-corrected chi connectivity index (χ3v) is 3.76. The minimum atomic E-state index is 0.447. The molecule has 106 valence electrons. The molecule has 0 spiro atoms. The fraction of sp³-hybridized carbons (Fsp3) is 0.438. The second kappa shape index (κ2) is 6.57. The molecule has 0 amide bonds. The molecule has 1 fully saturated rings. The normalized spacial score (nSPS) is 18.9. The lowest BCUT2D eigenvalue weighted by molar-refractivity contribution is 0.291. The number of para-hydroxylation sites is 1. The summed E-state index contributed by atoms with van der Waals surface area (Å²) >= 11 is 0. The number of hydrogen-bond acceptors (Lipinski definition) is 3. The largest absolute Gasteiger partial charge is 0.492 e. The predicted octanol–water partition coefficient (Wildman–Crippen LogP) is 2.78. The van der Waals surface area contributed by atoms with Gasteiger partial charge in [0.05, 0.1) is 18.6 Å². The van der Waals surface area contributed by atoms with Crippen molar-refractivity contribution in [1.82, 2.24) is 14.9 Å². The number of piperidine rings is 1. The van der Waals surface area contributed by atoms with E-state index in [1.807, 2.05) is 42.9 Å². The maximum atomic E-state index is 5.75. The number of ether oxygens (including phenoxy) is 1. The number of hydrogen-bond donors (Lipinski definition) is 1. The van der Waals surface area contributed by atoms with Gasteiger partial charge in [-0.1, -0.05) is 24.6 Å². The molecule has 1 N–H and O–H groups in total. The van der Waals surface area contributed by atoms with Gasteiger partial charge in [0.25, 0.3) is 0 Å². The fourth-order valence-corrected chi connectivity index (χ4v) is 2.69. The second-order valence-electron chi connectivity index (χ2n) is 5.18. The molecule has 1 atom stereocenters. The van der Waals surface area contributed by atoms with Crippen molar-refractivity contribution in [1.29, 1.82) is 0 Å². The van der Waals surface area contributed by atoms with Crippen molar-refractivity contribution in [3.05, 3.63) is 48.5 Å². The maximum Gasteiger partial charge on any atom is 0.119 e. The van der Waals surface area contributed by atoms with Gasteiger partial charge in [-0.15, -0.1) is 0 Å². The average molecular weight is 271 g/mol. The van der Waals surface area contributed by atoms with Crippen LogP contribution in [0.15, 0.2) is 42.9 Å². The number of imidazole rings is 1. The number of benzene rings is 1. The Balaban J connectivity index is 1.56. The molecule has 4 nitrogen and oxygen atoms in total. The van der Waals surface area contributed by atoms with Gasteiger partial charge in [-0.25, -0.2) is 4.98 Å². The number of nitrogens with zero attached hydrogens (tertiary/aromatic N) is 2. The zero-order valence-corrected chi connectivity index (χ0v) is 11.7. The van der Waals surface area contributed by atoms with E-state index in [-0.39, 0.29) is 0 Å². The van der Waals surface area contributed by atoms with Crippen LogP contribution < -0.4 is 10.1 Å². The summed E-state index contributed by atoms with van der Waals surface area (Å²) in [6.07, 6.45) is 7.65. The van der Waals surface area contributed by atoms with Gasteiger partial charge in [0, 0.05) is 12.2 Å². The highest BCUT2D eigenvalue weighted by atomic mass is 16.5. The monoisotopic (exact) mass is 271 g/mol. The van der Waals surface area contributed by atoms with E-state index >= 15 is 0 Å². The van der Waals surface area contributed by atoms with Gasteiger partial charge in [0.15, 0.2) is 0 Å². The van der Waals surface area contributed by atoms with Crippen molar-refractivity contribution < 1.29 is 4.74 Å². The first kappa shape index (κ1) is 13.2. The summed E-state index contributed by atoms with van der Waals surface area (Å²) < 4.78 is 7.95. The zero-order chi connectivity index (χ0) is 13.6. The van der Waals surface area contributed by atoms with E-state index in [1.165, 1.54) is 25.0 Å². The van der Waals surface area contributed by atoms with Crippen LogP contribution in [-0.4, -0.2) is 22.7 Å². The first-order valence-corrected chi connectivity index (χ1v) is 7.35. The summed E-state index contributed by atoms with van der Waals surface area (Å²) in [5.74, 6) is 0.921. The van der Waals surface area contributed by atoms with Crippen LogP contribution in [-0.2, 0) is 6.54 Å². The fourth-order valence-electron chi connectivity index (χ4n) is 2.69. The highest BCUT2D eigenvalue weighted by Crippen LogP contribution is 2.22. The highest BCUT2D eigenvalue weighted by molar-refractivity contribution is 5.20. The Hall–Kier alpha value is -1.81. The molecule has 1 aromatic heterocycles. The molecule has 0 bridgehead atoms. The predicted molar refractivity (Wildman–Crippen MR) is 78.8 cm³/mol. The summed E-state index contributed by atoms with van der Waals surface area (Å²) in [6.45, 7) is 2.61. The molecule has 1 aromatic carbocycles. The Morgan fingerprint density at radius 1 is 1.25 bits per heavy atom. The Labute approximate surface area is 119 Å². The maximum absolute atomic E-state index is 5.75. The molecule has 1 unspecified atom stereocenters. The molecule has 0 radical (unpaired) electrons. The van der Waals surface area contributed by atoms with Crippen molar-refractivity contribution in [2.45, 2.75) is 31.8 Å². The number of rotatable bonds is 5. The Kier molecular flexibility index (Phi) is 4.33. The first-order valence-electron chi connectivity index (χ1n) is 7.35. The van der Waals surface area contributed by atoms with Gasteiger partial charge in [0.1, 0.15) is 12.4 Å². The van der Waals surface area contributed by atoms with Gasteiger partial charge >= 0.3 is 0 Å². The van der Waals surface area contributed by atoms with E-state index in [0.29, 0.717) is 12.6 Å². The van der Waals surface area contributed by atoms with Gasteiger partial charge in [0.2, 0.25) is 0 Å². The van der Waals surface area contributed by atoms with Crippen LogP contribution in [0.5, 0.6) is 5.75 Å². The van der Waals surface area contributed by atoms with Crippen LogP contribution in [0.25, 0.3) is 0 Å². The summed E-state index contributed by atoms with van der Waals surface area (Å²) in [5.41, 5.74) is 1.28. The lowest BCUT2D eigenvalue weighted by Crippen LogP contribution is -2.29. The van der Waals surface area contributed by atoms with E-state index < -0.39 is 0 Å². The average Bonchev–Trinajstić information content (AvgIpc) is 2.98. The van der Waals surface area contributed by atoms with Gasteiger partial charge in [-0.2, -0.15) is 0 Å². The minimum absolute atomic E-state index is 0.447. The molecule has 1 aliphatic rings. The number of nitrogens with one attached hydrogen (secondary N) is 1. The van der Waals surface area contributed by atoms with Crippen molar-refractivity contribution >= 4 is 0 Å². The molecule has 0 saturated carbocycles. The Bertz CT molecular complexity index is 518. The van der Waals surface area contributed by atoms with Gasteiger partial charge in [-0.3, -0.25) is 0 Å².